The number of benzene rings is 7. The van der Waals surface area contributed by atoms with E-state index in [1.165, 1.54) is 49.6 Å². The number of ether oxygens (including phenoxy) is 1. The number of anilines is 1. The molecule has 256 valence electrons. The van der Waals surface area contributed by atoms with Crippen molar-refractivity contribution in [2.45, 2.75) is 18.5 Å². The average molecular weight is 694 g/mol. The lowest BCUT2D eigenvalue weighted by molar-refractivity contribution is 0.425. The van der Waals surface area contributed by atoms with Gasteiger partial charge in [-0.3, -0.25) is 4.99 Å². The standard InChI is InChI=1S/C50H35N3O/c1-4-13-32(14-5-1)35-23-27-44-41(29-35)42-30-36(33-15-6-2-7-16-33)24-28-45(42)53(44)37-25-26-39-47(31-37)54-46-22-12-20-40(48(39)46)49-38-19-10-11-21-43(38)51-50(52-49)34-17-8-3-9-18-34/h1-25,27-31,39,50-51H,26H2. The number of fused-ring (bicyclic) bond motifs is 7. The summed E-state index contributed by atoms with van der Waals surface area (Å²) in [4.78, 5) is 5.37. The molecule has 2 aliphatic heterocycles. The molecular formula is C50H35N3O. The molecule has 0 radical (unpaired) electrons. The van der Waals surface area contributed by atoms with Gasteiger partial charge in [-0.25, -0.2) is 0 Å². The lowest BCUT2D eigenvalue weighted by Crippen LogP contribution is -2.21. The Bertz CT molecular complexity index is 2750. The van der Waals surface area contributed by atoms with Crippen molar-refractivity contribution >= 4 is 38.9 Å². The van der Waals surface area contributed by atoms with Crippen LogP contribution in [0.4, 0.5) is 5.69 Å². The van der Waals surface area contributed by atoms with Gasteiger partial charge in [-0.15, -0.1) is 0 Å². The highest BCUT2D eigenvalue weighted by atomic mass is 16.5. The maximum atomic E-state index is 6.78. The number of allylic oxidation sites excluding steroid dienone is 4. The van der Waals surface area contributed by atoms with Gasteiger partial charge in [-0.1, -0.05) is 140 Å². The van der Waals surface area contributed by atoms with Crippen LogP contribution in [0.1, 0.15) is 40.8 Å². The second-order valence-electron chi connectivity index (χ2n) is 14.3. The highest BCUT2D eigenvalue weighted by Gasteiger charge is 2.36. The van der Waals surface area contributed by atoms with Crippen LogP contribution < -0.4 is 10.1 Å². The van der Waals surface area contributed by atoms with E-state index in [1.807, 2.05) is 6.07 Å². The molecule has 1 aliphatic carbocycles. The maximum Gasteiger partial charge on any atom is 0.145 e. The second-order valence-corrected chi connectivity index (χ2v) is 14.3. The van der Waals surface area contributed by atoms with Crippen molar-refractivity contribution in [3.8, 4) is 28.0 Å². The Hall–Kier alpha value is -6.91. The smallest absolute Gasteiger partial charge is 0.145 e. The van der Waals surface area contributed by atoms with E-state index in [-0.39, 0.29) is 12.1 Å². The maximum absolute atomic E-state index is 6.78. The summed E-state index contributed by atoms with van der Waals surface area (Å²) in [6.45, 7) is 0. The zero-order chi connectivity index (χ0) is 35.6. The SMILES string of the molecule is C1=C2Oc3cccc(C4=NC(c5ccccc5)Nc5ccccc54)c3C2CC=C1n1c2ccc(-c3ccccc3)cc2c2cc(-c3ccccc3)ccc21. The number of rotatable bonds is 5. The molecule has 0 spiro atoms. The first-order chi connectivity index (χ1) is 26.8. The van der Waals surface area contributed by atoms with Crippen molar-refractivity contribution in [2.75, 3.05) is 5.32 Å². The van der Waals surface area contributed by atoms with Gasteiger partial charge >= 0.3 is 0 Å². The fourth-order valence-electron chi connectivity index (χ4n) is 8.63. The van der Waals surface area contributed by atoms with Crippen LogP contribution in [-0.4, -0.2) is 10.3 Å². The number of para-hydroxylation sites is 1. The molecule has 54 heavy (non-hydrogen) atoms. The summed E-state index contributed by atoms with van der Waals surface area (Å²) in [6.07, 6.45) is 5.30. The van der Waals surface area contributed by atoms with Gasteiger partial charge in [-0.2, -0.15) is 0 Å². The molecule has 3 aliphatic rings. The number of aliphatic imine (C=N–C) groups is 1. The van der Waals surface area contributed by atoms with Crippen LogP contribution in [0.3, 0.4) is 0 Å². The highest BCUT2D eigenvalue weighted by Crippen LogP contribution is 2.49. The molecule has 11 rings (SSSR count). The molecule has 2 unspecified atom stereocenters. The summed E-state index contributed by atoms with van der Waals surface area (Å²) in [6, 6.07) is 60.5. The van der Waals surface area contributed by atoms with Gasteiger partial charge < -0.3 is 14.6 Å². The lowest BCUT2D eigenvalue weighted by Gasteiger charge is -2.27. The van der Waals surface area contributed by atoms with Gasteiger partial charge in [0.1, 0.15) is 17.7 Å². The van der Waals surface area contributed by atoms with E-state index in [4.69, 9.17) is 9.73 Å². The molecule has 0 bridgehead atoms. The molecule has 3 heterocycles. The highest BCUT2D eigenvalue weighted by molar-refractivity contribution is 6.18. The Kier molecular flexibility index (Phi) is 7.02. The minimum absolute atomic E-state index is 0.0994. The van der Waals surface area contributed by atoms with E-state index in [2.05, 4.69) is 186 Å². The van der Waals surface area contributed by atoms with E-state index in [0.717, 1.165) is 51.7 Å². The predicted octanol–water partition coefficient (Wildman–Crippen LogP) is 12.4. The molecule has 4 nitrogen and oxygen atoms in total. The van der Waals surface area contributed by atoms with E-state index in [9.17, 15) is 0 Å². The van der Waals surface area contributed by atoms with Crippen LogP contribution in [0, 0.1) is 0 Å². The number of hydrogen-bond donors (Lipinski definition) is 1. The quantitative estimate of drug-likeness (QED) is 0.195. The van der Waals surface area contributed by atoms with E-state index in [0.29, 0.717) is 0 Å². The second kappa shape index (κ2) is 12.4. The van der Waals surface area contributed by atoms with Gasteiger partial charge in [-0.05, 0) is 70.6 Å². The third kappa shape index (κ3) is 4.95. The molecule has 0 saturated heterocycles. The lowest BCUT2D eigenvalue weighted by atomic mass is 9.85. The topological polar surface area (TPSA) is 38.5 Å². The number of hydrogen-bond acceptors (Lipinski definition) is 3. The summed E-state index contributed by atoms with van der Waals surface area (Å²) in [5.41, 5.74) is 15.0. The van der Waals surface area contributed by atoms with Crippen molar-refractivity contribution in [3.05, 3.63) is 210 Å². The average Bonchev–Trinajstić information content (AvgIpc) is 3.79. The van der Waals surface area contributed by atoms with Crippen LogP contribution in [0.5, 0.6) is 5.75 Å². The summed E-state index contributed by atoms with van der Waals surface area (Å²) < 4.78 is 9.20. The van der Waals surface area contributed by atoms with Crippen LogP contribution in [0.25, 0.3) is 49.8 Å². The van der Waals surface area contributed by atoms with Crippen molar-refractivity contribution in [2.24, 2.45) is 4.99 Å². The summed E-state index contributed by atoms with van der Waals surface area (Å²) in [5.74, 6) is 1.99. The fourth-order valence-corrected chi connectivity index (χ4v) is 8.63. The van der Waals surface area contributed by atoms with Crippen molar-refractivity contribution < 1.29 is 4.74 Å². The zero-order valence-electron chi connectivity index (χ0n) is 29.5. The van der Waals surface area contributed by atoms with Gasteiger partial charge in [0.2, 0.25) is 0 Å². The van der Waals surface area contributed by atoms with Gasteiger partial charge in [0, 0.05) is 44.9 Å². The van der Waals surface area contributed by atoms with E-state index >= 15 is 0 Å². The molecule has 0 amide bonds. The van der Waals surface area contributed by atoms with Crippen LogP contribution in [0.2, 0.25) is 0 Å². The molecule has 2 atom stereocenters. The number of nitrogens with one attached hydrogen (secondary N) is 1. The number of aromatic nitrogens is 1. The van der Waals surface area contributed by atoms with Crippen LogP contribution in [-0.2, 0) is 0 Å². The minimum atomic E-state index is -0.178. The summed E-state index contributed by atoms with van der Waals surface area (Å²) in [7, 11) is 0. The Morgan fingerprint density at radius 1 is 0.574 bits per heavy atom. The molecule has 0 saturated carbocycles. The largest absolute Gasteiger partial charge is 0.461 e. The molecule has 7 aromatic carbocycles. The van der Waals surface area contributed by atoms with Gasteiger partial charge in [0.15, 0.2) is 0 Å². The monoisotopic (exact) mass is 693 g/mol. The first-order valence-corrected chi connectivity index (χ1v) is 18.7. The van der Waals surface area contributed by atoms with Crippen molar-refractivity contribution in [1.29, 1.82) is 0 Å². The first-order valence-electron chi connectivity index (χ1n) is 18.7. The molecule has 1 N–H and O–H groups in total. The van der Waals surface area contributed by atoms with Gasteiger partial charge in [0.25, 0.3) is 0 Å². The Labute approximate surface area is 314 Å². The molecule has 4 heteroatoms. The number of nitrogens with zero attached hydrogens (tertiary/aromatic N) is 2. The van der Waals surface area contributed by atoms with Crippen molar-refractivity contribution in [1.82, 2.24) is 4.57 Å². The molecular weight excluding hydrogens is 659 g/mol. The van der Waals surface area contributed by atoms with Gasteiger partial charge in [0.05, 0.1) is 22.7 Å². The van der Waals surface area contributed by atoms with Crippen LogP contribution >= 0.6 is 0 Å². The fraction of sp³-hybridized carbons (Fsp3) is 0.0600. The Morgan fingerprint density at radius 2 is 1.19 bits per heavy atom. The third-order valence-electron chi connectivity index (χ3n) is 11.2. The van der Waals surface area contributed by atoms with E-state index < -0.39 is 0 Å². The molecule has 0 fully saturated rings. The first kappa shape index (κ1) is 30.7. The zero-order valence-corrected chi connectivity index (χ0v) is 29.5. The molecule has 8 aromatic rings. The van der Waals surface area contributed by atoms with Crippen molar-refractivity contribution in [3.63, 3.8) is 0 Å². The van der Waals surface area contributed by atoms with E-state index in [1.54, 1.807) is 0 Å². The summed E-state index contributed by atoms with van der Waals surface area (Å²) >= 11 is 0. The predicted molar refractivity (Wildman–Crippen MR) is 222 cm³/mol. The third-order valence-corrected chi connectivity index (χ3v) is 11.2. The Balaban J connectivity index is 1.03. The normalized spacial score (nSPS) is 17.1. The Morgan fingerprint density at radius 3 is 1.87 bits per heavy atom. The summed E-state index contributed by atoms with van der Waals surface area (Å²) in [5, 5.41) is 6.14. The minimum Gasteiger partial charge on any atom is -0.461 e. The molecule has 1 aromatic heterocycles. The van der Waals surface area contributed by atoms with Crippen LogP contribution in [0.15, 0.2) is 193 Å².